The van der Waals surface area contributed by atoms with Crippen molar-refractivity contribution in [3.8, 4) is 0 Å². The maximum atomic E-state index is 12.8. The van der Waals surface area contributed by atoms with Gasteiger partial charge < -0.3 is 15.5 Å². The van der Waals surface area contributed by atoms with E-state index in [1.807, 2.05) is 30.3 Å². The van der Waals surface area contributed by atoms with Crippen molar-refractivity contribution < 1.29 is 14.4 Å². The van der Waals surface area contributed by atoms with Gasteiger partial charge in [0.2, 0.25) is 5.91 Å². The molecule has 3 aromatic carbocycles. The first kappa shape index (κ1) is 19.8. The van der Waals surface area contributed by atoms with Crippen LogP contribution in [0.3, 0.4) is 0 Å². The zero-order valence-electron chi connectivity index (χ0n) is 16.2. The van der Waals surface area contributed by atoms with Gasteiger partial charge in [0.05, 0.1) is 0 Å². The molecule has 3 amide bonds. The van der Waals surface area contributed by atoms with E-state index in [4.69, 9.17) is 0 Å². The Kier molecular flexibility index (Phi) is 6.04. The number of carbonyl (C=O) groups is 3. The number of hydrogen-bond acceptors (Lipinski definition) is 3. The molecular formula is C23H21N3O3. The zero-order chi connectivity index (χ0) is 20.8. The summed E-state index contributed by atoms with van der Waals surface area (Å²) in [5.41, 5.74) is 2.67. The lowest BCUT2D eigenvalue weighted by Gasteiger charge is -2.17. The van der Waals surface area contributed by atoms with Crippen molar-refractivity contribution in [2.75, 3.05) is 22.6 Å². The molecule has 6 nitrogen and oxygen atoms in total. The second-order valence-electron chi connectivity index (χ2n) is 6.50. The number of carbonyl (C=O) groups excluding carboxylic acids is 3. The molecule has 0 aliphatic heterocycles. The van der Waals surface area contributed by atoms with Gasteiger partial charge in [0.15, 0.2) is 0 Å². The summed E-state index contributed by atoms with van der Waals surface area (Å²) >= 11 is 0. The molecule has 3 aromatic rings. The van der Waals surface area contributed by atoms with Gasteiger partial charge in [-0.2, -0.15) is 0 Å². The second-order valence-corrected chi connectivity index (χ2v) is 6.50. The van der Waals surface area contributed by atoms with E-state index in [1.165, 1.54) is 11.8 Å². The average Bonchev–Trinajstić information content (AvgIpc) is 2.73. The summed E-state index contributed by atoms with van der Waals surface area (Å²) in [5, 5.41) is 5.45. The van der Waals surface area contributed by atoms with Crippen LogP contribution >= 0.6 is 0 Å². The van der Waals surface area contributed by atoms with Crippen molar-refractivity contribution in [1.29, 1.82) is 0 Å². The van der Waals surface area contributed by atoms with Crippen LogP contribution in [0, 0.1) is 0 Å². The minimum absolute atomic E-state index is 0.192. The fraction of sp³-hybridized carbons (Fsp3) is 0.0870. The number of hydrogen-bond donors (Lipinski definition) is 2. The van der Waals surface area contributed by atoms with Crippen molar-refractivity contribution in [3.63, 3.8) is 0 Å². The van der Waals surface area contributed by atoms with E-state index in [9.17, 15) is 14.4 Å². The minimum atomic E-state index is -0.345. The van der Waals surface area contributed by atoms with E-state index in [1.54, 1.807) is 55.6 Å². The first-order valence-corrected chi connectivity index (χ1v) is 9.06. The Morgan fingerprint density at radius 2 is 1.34 bits per heavy atom. The van der Waals surface area contributed by atoms with Gasteiger partial charge >= 0.3 is 0 Å². The first-order chi connectivity index (χ1) is 13.9. The van der Waals surface area contributed by atoms with E-state index in [0.717, 1.165) is 5.69 Å². The smallest absolute Gasteiger partial charge is 0.258 e. The molecule has 0 aliphatic rings. The van der Waals surface area contributed by atoms with Crippen LogP contribution < -0.4 is 15.5 Å². The molecule has 0 saturated carbocycles. The van der Waals surface area contributed by atoms with Crippen molar-refractivity contribution in [3.05, 3.63) is 90.0 Å². The number of benzene rings is 3. The Bertz CT molecular complexity index is 1050. The SMILES string of the molecule is CC(=O)Nc1cccc(NC(=O)c2cccc(C(=O)N(C)c3ccccc3)c2)c1. The fourth-order valence-electron chi connectivity index (χ4n) is 2.84. The third kappa shape index (κ3) is 5.07. The molecular weight excluding hydrogens is 366 g/mol. The van der Waals surface area contributed by atoms with Crippen LogP contribution in [-0.4, -0.2) is 24.8 Å². The van der Waals surface area contributed by atoms with Gasteiger partial charge in [-0.15, -0.1) is 0 Å². The van der Waals surface area contributed by atoms with Crippen molar-refractivity contribution in [2.45, 2.75) is 6.92 Å². The Morgan fingerprint density at radius 1 is 0.724 bits per heavy atom. The van der Waals surface area contributed by atoms with Gasteiger partial charge in [-0.3, -0.25) is 14.4 Å². The van der Waals surface area contributed by atoms with E-state index < -0.39 is 0 Å². The number of nitrogens with one attached hydrogen (secondary N) is 2. The highest BCUT2D eigenvalue weighted by Crippen LogP contribution is 2.18. The number of anilines is 3. The lowest BCUT2D eigenvalue weighted by molar-refractivity contribution is -0.114. The van der Waals surface area contributed by atoms with Crippen LogP contribution in [0.4, 0.5) is 17.1 Å². The maximum Gasteiger partial charge on any atom is 0.258 e. The molecule has 0 heterocycles. The van der Waals surface area contributed by atoms with Crippen molar-refractivity contribution >= 4 is 34.8 Å². The quantitative estimate of drug-likeness (QED) is 0.690. The Morgan fingerprint density at radius 3 is 2.03 bits per heavy atom. The summed E-state index contributed by atoms with van der Waals surface area (Å²) in [5.74, 6) is -0.747. The van der Waals surface area contributed by atoms with Crippen LogP contribution in [0.5, 0.6) is 0 Å². The highest BCUT2D eigenvalue weighted by molar-refractivity contribution is 6.09. The summed E-state index contributed by atoms with van der Waals surface area (Å²) in [4.78, 5) is 38.1. The zero-order valence-corrected chi connectivity index (χ0v) is 16.2. The third-order valence-corrected chi connectivity index (χ3v) is 4.26. The van der Waals surface area contributed by atoms with Crippen LogP contribution in [-0.2, 0) is 4.79 Å². The third-order valence-electron chi connectivity index (χ3n) is 4.26. The molecule has 6 heteroatoms. The number of amides is 3. The molecule has 2 N–H and O–H groups in total. The number of rotatable bonds is 5. The van der Waals surface area contributed by atoms with Gasteiger partial charge in [-0.1, -0.05) is 30.3 Å². The Hall–Kier alpha value is -3.93. The molecule has 0 aliphatic carbocycles. The topological polar surface area (TPSA) is 78.5 Å². The predicted octanol–water partition coefficient (Wildman–Crippen LogP) is 4.17. The standard InChI is InChI=1S/C23H21N3O3/c1-16(27)24-19-10-7-11-20(15-19)25-22(28)17-8-6-9-18(14-17)23(29)26(2)21-12-4-3-5-13-21/h3-15H,1-2H3,(H,24,27)(H,25,28). The first-order valence-electron chi connectivity index (χ1n) is 9.06. The summed E-state index contributed by atoms with van der Waals surface area (Å²) < 4.78 is 0. The van der Waals surface area contributed by atoms with Crippen molar-refractivity contribution in [2.24, 2.45) is 0 Å². The molecule has 0 radical (unpaired) electrons. The summed E-state index contributed by atoms with van der Waals surface area (Å²) in [7, 11) is 1.69. The second kappa shape index (κ2) is 8.84. The lowest BCUT2D eigenvalue weighted by Crippen LogP contribution is -2.26. The largest absolute Gasteiger partial charge is 0.326 e. The minimum Gasteiger partial charge on any atom is -0.326 e. The van der Waals surface area contributed by atoms with Crippen LogP contribution in [0.1, 0.15) is 27.6 Å². The highest BCUT2D eigenvalue weighted by atomic mass is 16.2. The van der Waals surface area contributed by atoms with E-state index in [0.29, 0.717) is 22.5 Å². The Labute approximate surface area is 169 Å². The fourth-order valence-corrected chi connectivity index (χ4v) is 2.84. The van der Waals surface area contributed by atoms with E-state index in [2.05, 4.69) is 10.6 Å². The van der Waals surface area contributed by atoms with Gasteiger partial charge in [-0.05, 0) is 48.5 Å². The molecule has 0 saturated heterocycles. The molecule has 3 rings (SSSR count). The molecule has 0 atom stereocenters. The lowest BCUT2D eigenvalue weighted by atomic mass is 10.1. The average molecular weight is 387 g/mol. The summed E-state index contributed by atoms with van der Waals surface area (Å²) in [6.45, 7) is 1.42. The summed E-state index contributed by atoms with van der Waals surface area (Å²) in [6.07, 6.45) is 0. The van der Waals surface area contributed by atoms with Crippen LogP contribution in [0.15, 0.2) is 78.9 Å². The number of para-hydroxylation sites is 1. The van der Waals surface area contributed by atoms with Gasteiger partial charge in [0.1, 0.15) is 0 Å². The van der Waals surface area contributed by atoms with E-state index in [-0.39, 0.29) is 17.7 Å². The van der Waals surface area contributed by atoms with Crippen molar-refractivity contribution in [1.82, 2.24) is 0 Å². The van der Waals surface area contributed by atoms with E-state index >= 15 is 0 Å². The molecule has 0 spiro atoms. The summed E-state index contributed by atoms with van der Waals surface area (Å²) in [6, 6.07) is 22.7. The maximum absolute atomic E-state index is 12.8. The highest BCUT2D eigenvalue weighted by Gasteiger charge is 2.15. The molecule has 0 aromatic heterocycles. The van der Waals surface area contributed by atoms with Gasteiger partial charge in [0.25, 0.3) is 11.8 Å². The molecule has 29 heavy (non-hydrogen) atoms. The predicted molar refractivity (Wildman–Crippen MR) is 114 cm³/mol. The monoisotopic (exact) mass is 387 g/mol. The van der Waals surface area contributed by atoms with Gasteiger partial charge in [0, 0.05) is 42.2 Å². The number of nitrogens with zero attached hydrogens (tertiary/aromatic N) is 1. The molecule has 0 unspecified atom stereocenters. The van der Waals surface area contributed by atoms with Gasteiger partial charge in [-0.25, -0.2) is 0 Å². The van der Waals surface area contributed by atoms with Crippen LogP contribution in [0.2, 0.25) is 0 Å². The molecule has 146 valence electrons. The molecule has 0 fully saturated rings. The van der Waals surface area contributed by atoms with Crippen LogP contribution in [0.25, 0.3) is 0 Å². The molecule has 0 bridgehead atoms. The Balaban J connectivity index is 1.76. The normalized spacial score (nSPS) is 10.1.